The van der Waals surface area contributed by atoms with Crippen molar-refractivity contribution in [2.24, 2.45) is 0 Å². The Hall–Kier alpha value is -0.810. The lowest BCUT2D eigenvalue weighted by Crippen LogP contribution is -2.37. The van der Waals surface area contributed by atoms with Crippen molar-refractivity contribution in [1.82, 2.24) is 9.80 Å². The number of morpholine rings is 1. The van der Waals surface area contributed by atoms with Crippen molar-refractivity contribution in [3.63, 3.8) is 0 Å². The van der Waals surface area contributed by atoms with Crippen molar-refractivity contribution >= 4 is 30.7 Å². The Balaban J connectivity index is 0.00000156. The van der Waals surface area contributed by atoms with Crippen LogP contribution in [-0.2, 0) is 16.0 Å². The number of carbonyl (C=O) groups is 1. The first-order valence-electron chi connectivity index (χ1n) is 8.87. The van der Waals surface area contributed by atoms with Crippen LogP contribution in [0.1, 0.15) is 36.8 Å². The number of benzene rings is 1. The van der Waals surface area contributed by atoms with Crippen molar-refractivity contribution in [2.45, 2.75) is 32.1 Å². The number of carbonyl (C=O) groups excluding carboxylic acids is 1. The molecule has 0 aromatic heterocycles. The summed E-state index contributed by atoms with van der Waals surface area (Å²) in [6.07, 6.45) is 3.29. The van der Waals surface area contributed by atoms with E-state index < -0.39 is 0 Å². The second-order valence-electron chi connectivity index (χ2n) is 6.73. The minimum absolute atomic E-state index is 0. The van der Waals surface area contributed by atoms with Crippen LogP contribution in [0.3, 0.4) is 0 Å². The normalized spacial score (nSPS) is 19.0. The molecule has 2 saturated heterocycles. The zero-order chi connectivity index (χ0) is 16.1. The van der Waals surface area contributed by atoms with E-state index in [2.05, 4.69) is 29.2 Å². The highest BCUT2D eigenvalue weighted by Crippen LogP contribution is 2.28. The van der Waals surface area contributed by atoms with Crippen molar-refractivity contribution in [3.05, 3.63) is 35.4 Å². The Bertz CT molecular complexity index is 511. The molecule has 0 saturated carbocycles. The standard InChI is InChI=1S/C19H28N2O2.2ClH/c1-16(22)21-10-7-19(8-11-21)18-4-2-17(3-5-18)6-9-20-12-14-23-15-13-20;;/h2-5,19H,6-15H2,1H3;2*1H. The average Bonchev–Trinajstić information content (AvgIpc) is 2.61. The lowest BCUT2D eigenvalue weighted by Gasteiger charge is -2.31. The Kier molecular flexibility index (Phi) is 9.80. The first kappa shape index (κ1) is 22.2. The van der Waals surface area contributed by atoms with Gasteiger partial charge >= 0.3 is 0 Å². The molecule has 0 unspecified atom stereocenters. The van der Waals surface area contributed by atoms with E-state index in [4.69, 9.17) is 4.74 Å². The van der Waals surface area contributed by atoms with Crippen molar-refractivity contribution in [1.29, 1.82) is 0 Å². The molecule has 25 heavy (non-hydrogen) atoms. The molecule has 142 valence electrons. The molecule has 3 rings (SSSR count). The number of hydrogen-bond acceptors (Lipinski definition) is 3. The third-order valence-electron chi connectivity index (χ3n) is 5.21. The number of rotatable bonds is 4. The molecule has 4 nitrogen and oxygen atoms in total. The third kappa shape index (κ3) is 6.45. The van der Waals surface area contributed by atoms with Gasteiger partial charge in [0.05, 0.1) is 13.2 Å². The molecular formula is C19H30Cl2N2O2. The van der Waals surface area contributed by atoms with Crippen LogP contribution in [0.5, 0.6) is 0 Å². The molecule has 1 aromatic carbocycles. The molecule has 2 aliphatic rings. The largest absolute Gasteiger partial charge is 0.379 e. The van der Waals surface area contributed by atoms with Gasteiger partial charge in [-0.1, -0.05) is 24.3 Å². The highest BCUT2D eigenvalue weighted by Gasteiger charge is 2.21. The maximum absolute atomic E-state index is 11.4. The van der Waals surface area contributed by atoms with E-state index in [-0.39, 0.29) is 30.7 Å². The van der Waals surface area contributed by atoms with E-state index in [1.807, 2.05) is 4.90 Å². The summed E-state index contributed by atoms with van der Waals surface area (Å²) in [7, 11) is 0. The summed E-state index contributed by atoms with van der Waals surface area (Å²) < 4.78 is 5.39. The van der Waals surface area contributed by atoms with Crippen LogP contribution in [0.4, 0.5) is 0 Å². The molecule has 0 aliphatic carbocycles. The maximum atomic E-state index is 11.4. The number of piperidine rings is 1. The van der Waals surface area contributed by atoms with Gasteiger partial charge in [-0.25, -0.2) is 0 Å². The Morgan fingerprint density at radius 3 is 2.20 bits per heavy atom. The van der Waals surface area contributed by atoms with E-state index in [0.29, 0.717) is 5.92 Å². The Morgan fingerprint density at radius 1 is 1.04 bits per heavy atom. The van der Waals surface area contributed by atoms with Crippen LogP contribution >= 0.6 is 24.8 Å². The van der Waals surface area contributed by atoms with Crippen molar-refractivity contribution < 1.29 is 9.53 Å². The topological polar surface area (TPSA) is 32.8 Å². The Morgan fingerprint density at radius 2 is 1.64 bits per heavy atom. The van der Waals surface area contributed by atoms with Crippen LogP contribution in [-0.4, -0.2) is 61.6 Å². The zero-order valence-corrected chi connectivity index (χ0v) is 16.6. The van der Waals surface area contributed by atoms with Gasteiger partial charge in [-0.05, 0) is 36.3 Å². The minimum atomic E-state index is 0. The first-order chi connectivity index (χ1) is 11.2. The molecule has 2 heterocycles. The zero-order valence-electron chi connectivity index (χ0n) is 15.0. The molecular weight excluding hydrogens is 359 g/mol. The lowest BCUT2D eigenvalue weighted by molar-refractivity contribution is -0.129. The van der Waals surface area contributed by atoms with Crippen LogP contribution in [0, 0.1) is 0 Å². The van der Waals surface area contributed by atoms with Gasteiger partial charge < -0.3 is 9.64 Å². The van der Waals surface area contributed by atoms with E-state index in [1.54, 1.807) is 6.92 Å². The second-order valence-corrected chi connectivity index (χ2v) is 6.73. The monoisotopic (exact) mass is 388 g/mol. The summed E-state index contributed by atoms with van der Waals surface area (Å²) in [6, 6.07) is 9.16. The summed E-state index contributed by atoms with van der Waals surface area (Å²) in [5.74, 6) is 0.820. The fraction of sp³-hybridized carbons (Fsp3) is 0.632. The van der Waals surface area contributed by atoms with Gasteiger partial charge in [0.15, 0.2) is 0 Å². The van der Waals surface area contributed by atoms with E-state index in [1.165, 1.54) is 11.1 Å². The average molecular weight is 389 g/mol. The van der Waals surface area contributed by atoms with Crippen LogP contribution in [0.25, 0.3) is 0 Å². The van der Waals surface area contributed by atoms with Crippen LogP contribution in [0.15, 0.2) is 24.3 Å². The fourth-order valence-corrected chi connectivity index (χ4v) is 3.60. The highest BCUT2D eigenvalue weighted by molar-refractivity contribution is 5.85. The lowest BCUT2D eigenvalue weighted by atomic mass is 9.89. The van der Waals surface area contributed by atoms with Gasteiger partial charge in [0.25, 0.3) is 0 Å². The summed E-state index contributed by atoms with van der Waals surface area (Å²) >= 11 is 0. The van der Waals surface area contributed by atoms with Crippen molar-refractivity contribution in [3.8, 4) is 0 Å². The van der Waals surface area contributed by atoms with Gasteiger partial charge in [-0.2, -0.15) is 0 Å². The highest BCUT2D eigenvalue weighted by atomic mass is 35.5. The predicted molar refractivity (Wildman–Crippen MR) is 106 cm³/mol. The summed E-state index contributed by atoms with van der Waals surface area (Å²) in [5, 5.41) is 0. The molecule has 2 fully saturated rings. The van der Waals surface area contributed by atoms with Gasteiger partial charge in [0.1, 0.15) is 0 Å². The number of hydrogen-bond donors (Lipinski definition) is 0. The molecule has 1 amide bonds. The van der Waals surface area contributed by atoms with Gasteiger partial charge in [0, 0.05) is 39.6 Å². The number of ether oxygens (including phenoxy) is 1. The molecule has 2 aliphatic heterocycles. The number of nitrogens with zero attached hydrogens (tertiary/aromatic N) is 2. The van der Waals surface area contributed by atoms with Gasteiger partial charge in [0.2, 0.25) is 5.91 Å². The third-order valence-corrected chi connectivity index (χ3v) is 5.21. The smallest absolute Gasteiger partial charge is 0.219 e. The van der Waals surface area contributed by atoms with Crippen molar-refractivity contribution in [2.75, 3.05) is 45.9 Å². The molecule has 0 bridgehead atoms. The van der Waals surface area contributed by atoms with Gasteiger partial charge in [-0.3, -0.25) is 9.69 Å². The molecule has 0 radical (unpaired) electrons. The van der Waals surface area contributed by atoms with Crippen LogP contribution < -0.4 is 0 Å². The first-order valence-corrected chi connectivity index (χ1v) is 8.87. The fourth-order valence-electron chi connectivity index (χ4n) is 3.60. The van der Waals surface area contributed by atoms with E-state index in [0.717, 1.165) is 65.2 Å². The molecule has 0 spiro atoms. The van der Waals surface area contributed by atoms with E-state index >= 15 is 0 Å². The number of amides is 1. The molecule has 6 heteroatoms. The van der Waals surface area contributed by atoms with E-state index in [9.17, 15) is 4.79 Å². The molecule has 0 atom stereocenters. The molecule has 0 N–H and O–H groups in total. The molecule has 1 aromatic rings. The number of likely N-dealkylation sites (tertiary alicyclic amines) is 1. The summed E-state index contributed by atoms with van der Waals surface area (Å²) in [5.41, 5.74) is 2.85. The Labute approximate surface area is 163 Å². The second kappa shape index (κ2) is 11.0. The van der Waals surface area contributed by atoms with Crippen LogP contribution in [0.2, 0.25) is 0 Å². The number of halogens is 2. The quantitative estimate of drug-likeness (QED) is 0.793. The maximum Gasteiger partial charge on any atom is 0.219 e. The predicted octanol–water partition coefficient (Wildman–Crippen LogP) is 3.13. The SMILES string of the molecule is CC(=O)N1CCC(c2ccc(CCN3CCOCC3)cc2)CC1.Cl.Cl. The minimum Gasteiger partial charge on any atom is -0.379 e. The van der Waals surface area contributed by atoms with Gasteiger partial charge in [-0.15, -0.1) is 24.8 Å². The summed E-state index contributed by atoms with van der Waals surface area (Å²) in [6.45, 7) is 8.47. The summed E-state index contributed by atoms with van der Waals surface area (Å²) in [4.78, 5) is 15.8.